The molecule has 52 valence electrons. The molecular formula is C6H14N3+. The Morgan fingerprint density at radius 3 is 2.44 bits per heavy atom. The smallest absolute Gasteiger partial charge is 0.258 e. The molecule has 0 amide bonds. The average Bonchev–Trinajstić information content (AvgIpc) is 1.90. The molecule has 2 N–H and O–H groups in total. The van der Waals surface area contributed by atoms with Crippen molar-refractivity contribution in [3.63, 3.8) is 0 Å². The van der Waals surface area contributed by atoms with E-state index in [1.54, 1.807) is 0 Å². The number of hydrogen-bond acceptors (Lipinski definition) is 1. The first-order valence-electron chi connectivity index (χ1n) is 3.28. The quantitative estimate of drug-likeness (QED) is 0.403. The molecule has 0 bridgehead atoms. The zero-order valence-electron chi connectivity index (χ0n) is 6.07. The number of nitrogens with one attached hydrogen (secondary N) is 2. The average molecular weight is 128 g/mol. The molecule has 0 saturated carbocycles. The van der Waals surface area contributed by atoms with Gasteiger partial charge in [-0.25, -0.2) is 0 Å². The van der Waals surface area contributed by atoms with Crippen LogP contribution in [0.2, 0.25) is 0 Å². The molecule has 3 nitrogen and oxygen atoms in total. The Morgan fingerprint density at radius 1 is 1.33 bits per heavy atom. The maximum atomic E-state index is 3.30. The molecule has 1 heterocycles. The summed E-state index contributed by atoms with van der Waals surface area (Å²) in [7, 11) is 4.10. The normalized spacial score (nSPS) is 19.1. The highest BCUT2D eigenvalue weighted by molar-refractivity contribution is 5.79. The molecule has 0 unspecified atom stereocenters. The number of rotatable bonds is 0. The lowest BCUT2D eigenvalue weighted by Gasteiger charge is -2.12. The van der Waals surface area contributed by atoms with E-state index in [0.717, 1.165) is 19.6 Å². The highest BCUT2D eigenvalue weighted by Gasteiger charge is 2.10. The Kier molecular flexibility index (Phi) is 2.05. The molecule has 0 radical (unpaired) electrons. The van der Waals surface area contributed by atoms with E-state index >= 15 is 0 Å². The molecule has 1 fully saturated rings. The minimum atomic E-state index is 0.979. The SMILES string of the molecule is C[N+](C)=C1CNCCN1. The van der Waals surface area contributed by atoms with Gasteiger partial charge in [0.2, 0.25) is 0 Å². The van der Waals surface area contributed by atoms with Crippen molar-refractivity contribution in [2.45, 2.75) is 0 Å². The van der Waals surface area contributed by atoms with Gasteiger partial charge in [-0.05, 0) is 0 Å². The lowest BCUT2D eigenvalue weighted by atomic mass is 10.4. The summed E-state index contributed by atoms with van der Waals surface area (Å²) >= 11 is 0. The van der Waals surface area contributed by atoms with E-state index in [9.17, 15) is 0 Å². The van der Waals surface area contributed by atoms with Gasteiger partial charge in [0.1, 0.15) is 0 Å². The number of amidine groups is 1. The minimum Gasteiger partial charge on any atom is -0.302 e. The topological polar surface area (TPSA) is 27.1 Å². The maximum absolute atomic E-state index is 3.30. The molecule has 1 rings (SSSR count). The Hall–Kier alpha value is -0.570. The minimum absolute atomic E-state index is 0.979. The van der Waals surface area contributed by atoms with Gasteiger partial charge >= 0.3 is 0 Å². The van der Waals surface area contributed by atoms with Crippen LogP contribution in [0.1, 0.15) is 0 Å². The predicted octanol–water partition coefficient (Wildman–Crippen LogP) is -1.15. The Labute approximate surface area is 55.8 Å². The molecule has 1 saturated heterocycles. The fraction of sp³-hybridized carbons (Fsp3) is 0.833. The van der Waals surface area contributed by atoms with Crippen LogP contribution < -0.4 is 10.6 Å². The lowest BCUT2D eigenvalue weighted by Crippen LogP contribution is -2.48. The summed E-state index contributed by atoms with van der Waals surface area (Å²) in [6, 6.07) is 0. The van der Waals surface area contributed by atoms with Crippen molar-refractivity contribution in [1.29, 1.82) is 0 Å². The second-order valence-electron chi connectivity index (χ2n) is 2.44. The Balaban J connectivity index is 2.49. The van der Waals surface area contributed by atoms with Crippen LogP contribution in [-0.4, -0.2) is 44.1 Å². The van der Waals surface area contributed by atoms with Crippen molar-refractivity contribution >= 4 is 5.84 Å². The van der Waals surface area contributed by atoms with E-state index < -0.39 is 0 Å². The fourth-order valence-corrected chi connectivity index (χ4v) is 0.881. The third kappa shape index (κ3) is 1.68. The van der Waals surface area contributed by atoms with Crippen LogP contribution in [0.5, 0.6) is 0 Å². The standard InChI is InChI=1S/C6H13N3/c1-9(2)6-5-7-3-4-8-6/h7H,3-5H2,1-2H3/p+1. The first-order valence-corrected chi connectivity index (χ1v) is 3.28. The van der Waals surface area contributed by atoms with E-state index in [4.69, 9.17) is 0 Å². The van der Waals surface area contributed by atoms with Gasteiger partial charge in [-0.3, -0.25) is 9.89 Å². The van der Waals surface area contributed by atoms with Crippen molar-refractivity contribution < 1.29 is 4.58 Å². The van der Waals surface area contributed by atoms with E-state index in [0.29, 0.717) is 0 Å². The molecule has 1 aliphatic rings. The molecular weight excluding hydrogens is 114 g/mol. The van der Waals surface area contributed by atoms with Crippen LogP contribution >= 0.6 is 0 Å². The van der Waals surface area contributed by atoms with Gasteiger partial charge in [0.05, 0.1) is 27.2 Å². The zero-order chi connectivity index (χ0) is 6.69. The summed E-state index contributed by atoms with van der Waals surface area (Å²) in [5, 5.41) is 6.57. The summed E-state index contributed by atoms with van der Waals surface area (Å²) in [6.07, 6.45) is 0. The van der Waals surface area contributed by atoms with Crippen LogP contribution in [0, 0.1) is 0 Å². The zero-order valence-corrected chi connectivity index (χ0v) is 6.07. The number of nitrogens with zero attached hydrogens (tertiary/aromatic N) is 1. The molecule has 3 heteroatoms. The maximum Gasteiger partial charge on any atom is 0.258 e. The van der Waals surface area contributed by atoms with Crippen molar-refractivity contribution in [3.05, 3.63) is 0 Å². The highest BCUT2D eigenvalue weighted by Crippen LogP contribution is 1.74. The van der Waals surface area contributed by atoms with Crippen LogP contribution in [-0.2, 0) is 0 Å². The number of hydrogen-bond donors (Lipinski definition) is 2. The Bertz CT molecular complexity index is 116. The second kappa shape index (κ2) is 2.82. The van der Waals surface area contributed by atoms with Crippen molar-refractivity contribution in [3.8, 4) is 0 Å². The van der Waals surface area contributed by atoms with E-state index in [1.165, 1.54) is 5.84 Å². The Morgan fingerprint density at radius 2 is 2.11 bits per heavy atom. The third-order valence-electron chi connectivity index (χ3n) is 1.46. The van der Waals surface area contributed by atoms with Gasteiger partial charge in [-0.2, -0.15) is 0 Å². The van der Waals surface area contributed by atoms with E-state index in [2.05, 4.69) is 29.3 Å². The summed E-state index contributed by atoms with van der Waals surface area (Å²) in [5.74, 6) is 1.28. The van der Waals surface area contributed by atoms with Crippen molar-refractivity contribution in [2.75, 3.05) is 33.7 Å². The monoisotopic (exact) mass is 128 g/mol. The summed E-state index contributed by atoms with van der Waals surface area (Å²) in [4.78, 5) is 0. The van der Waals surface area contributed by atoms with E-state index in [1.807, 2.05) is 0 Å². The molecule has 1 aliphatic heterocycles. The summed E-state index contributed by atoms with van der Waals surface area (Å²) in [5.41, 5.74) is 0. The molecule has 0 aromatic carbocycles. The fourth-order valence-electron chi connectivity index (χ4n) is 0.881. The van der Waals surface area contributed by atoms with Gasteiger partial charge in [0.15, 0.2) is 0 Å². The van der Waals surface area contributed by atoms with Gasteiger partial charge < -0.3 is 5.32 Å². The molecule has 0 spiro atoms. The van der Waals surface area contributed by atoms with Crippen molar-refractivity contribution in [2.24, 2.45) is 0 Å². The largest absolute Gasteiger partial charge is 0.302 e. The second-order valence-corrected chi connectivity index (χ2v) is 2.44. The van der Waals surface area contributed by atoms with Gasteiger partial charge in [-0.1, -0.05) is 0 Å². The van der Waals surface area contributed by atoms with Crippen molar-refractivity contribution in [1.82, 2.24) is 10.6 Å². The van der Waals surface area contributed by atoms with Gasteiger partial charge in [0, 0.05) is 6.54 Å². The van der Waals surface area contributed by atoms with E-state index in [-0.39, 0.29) is 0 Å². The first kappa shape index (κ1) is 6.55. The summed E-state index contributed by atoms with van der Waals surface area (Å²) < 4.78 is 2.10. The number of piperazine rings is 1. The van der Waals surface area contributed by atoms with Gasteiger partial charge in [0.25, 0.3) is 5.84 Å². The summed E-state index contributed by atoms with van der Waals surface area (Å²) in [6.45, 7) is 3.11. The van der Waals surface area contributed by atoms with Crippen LogP contribution in [0.3, 0.4) is 0 Å². The highest BCUT2D eigenvalue weighted by atomic mass is 15.1. The van der Waals surface area contributed by atoms with Gasteiger partial charge in [-0.15, -0.1) is 0 Å². The molecule has 0 aromatic rings. The molecule has 9 heavy (non-hydrogen) atoms. The van der Waals surface area contributed by atoms with Crippen LogP contribution in [0.25, 0.3) is 0 Å². The first-order chi connectivity index (χ1) is 4.30. The molecule has 0 aliphatic carbocycles. The molecule has 0 atom stereocenters. The third-order valence-corrected chi connectivity index (χ3v) is 1.46. The van der Waals surface area contributed by atoms with Crippen LogP contribution in [0.4, 0.5) is 0 Å². The lowest BCUT2D eigenvalue weighted by molar-refractivity contribution is -0.467. The van der Waals surface area contributed by atoms with Crippen LogP contribution in [0.15, 0.2) is 0 Å². The molecule has 0 aromatic heterocycles. The predicted molar refractivity (Wildman–Crippen MR) is 38.0 cm³/mol.